The van der Waals surface area contributed by atoms with Crippen LogP contribution in [0.25, 0.3) is 0 Å². The summed E-state index contributed by atoms with van der Waals surface area (Å²) in [5, 5.41) is 5.71. The highest BCUT2D eigenvalue weighted by atomic mass is 19.4. The van der Waals surface area contributed by atoms with Gasteiger partial charge in [0.2, 0.25) is 0 Å². The van der Waals surface area contributed by atoms with Gasteiger partial charge < -0.3 is 0 Å². The lowest BCUT2D eigenvalue weighted by molar-refractivity contribution is -0.139. The molecule has 2 unspecified atom stereocenters. The molecule has 0 radical (unpaired) electrons. The molecule has 0 aromatic carbocycles. The van der Waals surface area contributed by atoms with Gasteiger partial charge in [-0.2, -0.15) is 31.4 Å². The Hall–Kier alpha value is -2.76. The van der Waals surface area contributed by atoms with Gasteiger partial charge in [-0.05, 0) is 45.6 Å². The van der Waals surface area contributed by atoms with Crippen molar-refractivity contribution in [3.8, 4) is 0 Å². The van der Waals surface area contributed by atoms with Crippen molar-refractivity contribution >= 4 is 12.0 Å². The van der Waals surface area contributed by atoms with Crippen molar-refractivity contribution in [1.82, 2.24) is 15.1 Å². The summed E-state index contributed by atoms with van der Waals surface area (Å²) >= 11 is 0. The molecule has 1 aromatic heterocycles. The number of unbranched alkanes of at least 4 members (excludes halogenated alkanes) is 4. The zero-order chi connectivity index (χ0) is 37.5. The Morgan fingerprint density at radius 2 is 1.58 bits per heavy atom. The lowest BCUT2D eigenvalue weighted by Gasteiger charge is -2.41. The maximum absolute atomic E-state index is 13.0. The number of nitrogens with zero attached hydrogens (tertiary/aromatic N) is 3. The van der Waals surface area contributed by atoms with Crippen LogP contribution in [-0.4, -0.2) is 45.9 Å². The van der Waals surface area contributed by atoms with Crippen LogP contribution in [0.4, 0.5) is 26.3 Å². The van der Waals surface area contributed by atoms with Crippen LogP contribution >= 0.6 is 0 Å². The van der Waals surface area contributed by atoms with E-state index in [-0.39, 0.29) is 35.5 Å². The molecule has 0 saturated carbocycles. The summed E-state index contributed by atoms with van der Waals surface area (Å²) < 4.78 is 75.5. The third-order valence-electron chi connectivity index (χ3n) is 7.83. The van der Waals surface area contributed by atoms with E-state index >= 15 is 0 Å². The minimum absolute atomic E-state index is 0.00257. The Bertz CT molecular complexity index is 1180. The topological polar surface area (TPSA) is 78.4 Å². The highest BCUT2D eigenvalue weighted by Gasteiger charge is 2.38. The van der Waals surface area contributed by atoms with E-state index in [1.54, 1.807) is 13.0 Å². The van der Waals surface area contributed by atoms with Gasteiger partial charge in [0, 0.05) is 43.4 Å². The standard InChI is InChI=1S/C16H22F3N3O2.C10H14F3N.C6H14.C4H10/c1-4-9(2)13(23)7-11-5-6-22(11)8-12-10(3)14(16(17,18)19)15(24)21-20-12;1-4-6-8(3)14-7-9(5-2)10(11,12)13;1-3-5-6-4-2;1-3-4-2/h9,11H,4-8H2,1-3H3,(H,21,24);5-7H,4H2,1-3H3;3-6H2,1-2H3;3-4H2,1-2H3/b;8-6+,9-5+,14-7+;;. The zero-order valence-corrected chi connectivity index (χ0v) is 30.8. The maximum atomic E-state index is 13.0. The van der Waals surface area contributed by atoms with Crippen LogP contribution in [0, 0.1) is 12.8 Å². The summed E-state index contributed by atoms with van der Waals surface area (Å²) in [6.07, 6.45) is 5.56. The van der Waals surface area contributed by atoms with Crippen LogP contribution in [0.1, 0.15) is 143 Å². The van der Waals surface area contributed by atoms with Gasteiger partial charge in [-0.15, -0.1) is 0 Å². The van der Waals surface area contributed by atoms with Gasteiger partial charge in [-0.1, -0.05) is 99.1 Å². The van der Waals surface area contributed by atoms with Gasteiger partial charge >= 0.3 is 12.4 Å². The monoisotopic (exact) mass is 694 g/mol. The number of rotatable bonds is 13. The predicted molar refractivity (Wildman–Crippen MR) is 185 cm³/mol. The van der Waals surface area contributed by atoms with Crippen molar-refractivity contribution < 1.29 is 31.1 Å². The molecule has 1 fully saturated rings. The molecule has 0 aliphatic carbocycles. The second kappa shape index (κ2) is 25.2. The number of aromatic amines is 1. The van der Waals surface area contributed by atoms with Crippen molar-refractivity contribution in [3.63, 3.8) is 0 Å². The number of aromatic nitrogens is 2. The van der Waals surface area contributed by atoms with Crippen molar-refractivity contribution in [2.75, 3.05) is 6.54 Å². The van der Waals surface area contributed by atoms with E-state index in [2.05, 4.69) is 37.8 Å². The molecule has 48 heavy (non-hydrogen) atoms. The van der Waals surface area contributed by atoms with E-state index in [4.69, 9.17) is 0 Å². The van der Waals surface area contributed by atoms with Crippen molar-refractivity contribution in [2.45, 2.75) is 158 Å². The number of likely N-dealkylation sites (tertiary alicyclic amines) is 1. The van der Waals surface area contributed by atoms with Crippen LogP contribution in [0.5, 0.6) is 0 Å². The normalized spacial score (nSPS) is 16.1. The molecule has 1 saturated heterocycles. The Morgan fingerprint density at radius 1 is 1.02 bits per heavy atom. The van der Waals surface area contributed by atoms with E-state index in [1.165, 1.54) is 52.4 Å². The first-order valence-electron chi connectivity index (χ1n) is 17.3. The molecule has 2 rings (SSSR count). The van der Waals surface area contributed by atoms with Crippen LogP contribution in [-0.2, 0) is 17.5 Å². The first kappa shape index (κ1) is 47.4. The molecular weight excluding hydrogens is 634 g/mol. The smallest absolute Gasteiger partial charge is 0.299 e. The Labute approximate surface area is 284 Å². The van der Waals surface area contributed by atoms with Crippen molar-refractivity contribution in [3.05, 3.63) is 50.6 Å². The molecular formula is C36H60F6N4O2. The van der Waals surface area contributed by atoms with E-state index in [9.17, 15) is 35.9 Å². The number of halogens is 6. The number of H-pyrrole nitrogens is 1. The number of carbonyl (C=O) groups is 1. The largest absolute Gasteiger partial charge is 0.422 e. The lowest BCUT2D eigenvalue weighted by atomic mass is 9.91. The Morgan fingerprint density at radius 3 is 1.96 bits per heavy atom. The number of hydrogen-bond acceptors (Lipinski definition) is 5. The summed E-state index contributed by atoms with van der Waals surface area (Å²) in [6.45, 7) is 19.7. The first-order chi connectivity index (χ1) is 22.4. The molecule has 278 valence electrons. The summed E-state index contributed by atoms with van der Waals surface area (Å²) in [5.74, 6) is 0.173. The van der Waals surface area contributed by atoms with E-state index in [1.807, 2.05) is 30.8 Å². The van der Waals surface area contributed by atoms with Gasteiger partial charge in [0.25, 0.3) is 5.56 Å². The predicted octanol–water partition coefficient (Wildman–Crippen LogP) is 10.9. The maximum Gasteiger partial charge on any atom is 0.422 e. The molecule has 1 aliphatic heterocycles. The minimum atomic E-state index is -4.71. The average molecular weight is 695 g/mol. The molecule has 1 N–H and O–H groups in total. The van der Waals surface area contributed by atoms with Crippen molar-refractivity contribution in [2.24, 2.45) is 10.9 Å². The number of aliphatic imine (C=N–C) groups is 1. The first-order valence-corrected chi connectivity index (χ1v) is 17.3. The SMILES string of the molecule is CCC(C)C(=O)CC1CCN1Cc1n[nH]c(=O)c(C(F)(F)F)c1C.CCCC.CCCCCC.C\C=C(/C=N/C(C)=C/CC)C(F)(F)F. The second-order valence-electron chi connectivity index (χ2n) is 11.9. The number of alkyl halides is 6. The van der Waals surface area contributed by atoms with Gasteiger partial charge in [-0.3, -0.25) is 19.5 Å². The number of ketones is 1. The highest BCUT2D eigenvalue weighted by molar-refractivity contribution is 5.81. The lowest BCUT2D eigenvalue weighted by Crippen LogP contribution is -2.48. The van der Waals surface area contributed by atoms with Crippen LogP contribution in [0.15, 0.2) is 33.2 Å². The highest BCUT2D eigenvalue weighted by Crippen LogP contribution is 2.31. The van der Waals surface area contributed by atoms with E-state index in [0.717, 1.165) is 31.6 Å². The number of hydrogen-bond donors (Lipinski definition) is 1. The van der Waals surface area contributed by atoms with Crippen molar-refractivity contribution in [1.29, 1.82) is 0 Å². The van der Waals surface area contributed by atoms with Gasteiger partial charge in [0.15, 0.2) is 0 Å². The average Bonchev–Trinajstić information content (AvgIpc) is 3.01. The number of Topliss-reactive ketones (excluding diaryl/α,β-unsaturated/α-hetero) is 1. The molecule has 2 heterocycles. The summed E-state index contributed by atoms with van der Waals surface area (Å²) in [4.78, 5) is 29.1. The molecule has 12 heteroatoms. The van der Waals surface area contributed by atoms with Gasteiger partial charge in [0.1, 0.15) is 11.3 Å². The molecule has 0 amide bonds. The molecule has 6 nitrogen and oxygen atoms in total. The summed E-state index contributed by atoms with van der Waals surface area (Å²) in [6, 6.07) is 0.0361. The molecule has 0 bridgehead atoms. The number of nitrogens with one attached hydrogen (secondary N) is 1. The second-order valence-corrected chi connectivity index (χ2v) is 11.9. The fourth-order valence-corrected chi connectivity index (χ4v) is 4.19. The fraction of sp³-hybridized carbons (Fsp3) is 0.722. The Kier molecular flexibility index (Phi) is 24.9. The van der Waals surface area contributed by atoms with E-state index < -0.39 is 29.0 Å². The third kappa shape index (κ3) is 19.3. The Balaban J connectivity index is 0. The summed E-state index contributed by atoms with van der Waals surface area (Å²) in [5.41, 5.74) is -2.50. The zero-order valence-electron chi connectivity index (χ0n) is 30.8. The van der Waals surface area contributed by atoms with E-state index in [0.29, 0.717) is 18.7 Å². The quantitative estimate of drug-likeness (QED) is 0.127. The van der Waals surface area contributed by atoms with Crippen LogP contribution in [0.3, 0.4) is 0 Å². The van der Waals surface area contributed by atoms with Crippen LogP contribution in [0.2, 0.25) is 0 Å². The number of carbonyl (C=O) groups excluding carboxylic acids is 1. The number of allylic oxidation sites excluding steroid dienone is 4. The minimum Gasteiger partial charge on any atom is -0.299 e. The fourth-order valence-electron chi connectivity index (χ4n) is 4.19. The molecule has 1 aliphatic rings. The van der Waals surface area contributed by atoms with Crippen LogP contribution < -0.4 is 5.56 Å². The molecule has 0 spiro atoms. The summed E-state index contributed by atoms with van der Waals surface area (Å²) in [7, 11) is 0. The van der Waals surface area contributed by atoms with Gasteiger partial charge in [0.05, 0.1) is 11.3 Å². The third-order valence-corrected chi connectivity index (χ3v) is 7.83. The molecule has 1 aromatic rings. The molecule has 2 atom stereocenters. The van der Waals surface area contributed by atoms with Gasteiger partial charge in [-0.25, -0.2) is 5.10 Å².